The van der Waals surface area contributed by atoms with Gasteiger partial charge in [-0.1, -0.05) is 22.0 Å². The van der Waals surface area contributed by atoms with Gasteiger partial charge in [0.1, 0.15) is 0 Å². The van der Waals surface area contributed by atoms with Crippen molar-refractivity contribution in [3.63, 3.8) is 0 Å². The number of aliphatic carboxylic acids is 1. The number of carbonyl (C=O) groups is 1. The van der Waals surface area contributed by atoms with Gasteiger partial charge in [0.2, 0.25) is 0 Å². The summed E-state index contributed by atoms with van der Waals surface area (Å²) in [5.74, 6) is -0.771. The van der Waals surface area contributed by atoms with Crippen LogP contribution in [-0.4, -0.2) is 35.6 Å². The number of hydrogen-bond acceptors (Lipinski definition) is 2. The molecule has 0 aliphatic heterocycles. The van der Waals surface area contributed by atoms with Crippen molar-refractivity contribution in [2.24, 2.45) is 5.92 Å². The van der Waals surface area contributed by atoms with Crippen LogP contribution in [0.2, 0.25) is 0 Å². The van der Waals surface area contributed by atoms with Gasteiger partial charge in [0.05, 0.1) is 5.92 Å². The smallest absolute Gasteiger partial charge is 0.306 e. The van der Waals surface area contributed by atoms with Crippen molar-refractivity contribution in [3.05, 3.63) is 33.8 Å². The number of halogens is 1. The first-order chi connectivity index (χ1) is 8.97. The Labute approximate surface area is 122 Å². The molecular formula is C15H20BrNO2. The molecule has 1 saturated carbocycles. The molecule has 1 fully saturated rings. The summed E-state index contributed by atoms with van der Waals surface area (Å²) >= 11 is 3.50. The third-order valence-corrected chi connectivity index (χ3v) is 4.62. The fraction of sp³-hybridized carbons (Fsp3) is 0.533. The molecule has 0 spiro atoms. The number of rotatable bonds is 5. The lowest BCUT2D eigenvalue weighted by Gasteiger charge is -2.39. The maximum atomic E-state index is 10.8. The van der Waals surface area contributed by atoms with Crippen LogP contribution in [-0.2, 0) is 11.2 Å². The van der Waals surface area contributed by atoms with Crippen LogP contribution in [0.4, 0.5) is 0 Å². The highest BCUT2D eigenvalue weighted by atomic mass is 79.9. The number of nitrogens with zero attached hydrogens (tertiary/aromatic N) is 1. The molecule has 4 heteroatoms. The monoisotopic (exact) mass is 325 g/mol. The Kier molecular flexibility index (Phi) is 4.63. The molecule has 2 rings (SSSR count). The number of aryl methyl sites for hydroxylation is 1. The van der Waals surface area contributed by atoms with Crippen LogP contribution < -0.4 is 0 Å². The summed E-state index contributed by atoms with van der Waals surface area (Å²) < 4.78 is 1.12. The predicted octanol–water partition coefficient (Wildman–Crippen LogP) is 3.10. The summed E-state index contributed by atoms with van der Waals surface area (Å²) in [6.45, 7) is 3.11. The molecule has 0 radical (unpaired) electrons. The number of benzene rings is 1. The maximum absolute atomic E-state index is 10.8. The van der Waals surface area contributed by atoms with Crippen LogP contribution in [0.3, 0.4) is 0 Å². The Morgan fingerprint density at radius 3 is 2.79 bits per heavy atom. The van der Waals surface area contributed by atoms with Crippen molar-refractivity contribution < 1.29 is 9.90 Å². The van der Waals surface area contributed by atoms with Gasteiger partial charge in [0.15, 0.2) is 0 Å². The van der Waals surface area contributed by atoms with Crippen LogP contribution in [0.1, 0.15) is 24.0 Å². The quantitative estimate of drug-likeness (QED) is 0.904. The lowest BCUT2D eigenvalue weighted by atomic mass is 9.79. The van der Waals surface area contributed by atoms with E-state index in [1.165, 1.54) is 11.1 Å². The topological polar surface area (TPSA) is 40.5 Å². The second kappa shape index (κ2) is 6.06. The largest absolute Gasteiger partial charge is 0.481 e. The molecule has 1 aliphatic rings. The minimum absolute atomic E-state index is 0.125. The zero-order valence-corrected chi connectivity index (χ0v) is 13.0. The average Bonchev–Trinajstić information content (AvgIpc) is 2.28. The SMILES string of the molecule is Cc1ccc(Br)cc1CCN(C)C1CC(C(=O)O)C1. The first kappa shape index (κ1) is 14.5. The Bertz CT molecular complexity index is 469. The summed E-state index contributed by atoms with van der Waals surface area (Å²) in [7, 11) is 2.09. The molecule has 19 heavy (non-hydrogen) atoms. The van der Waals surface area contributed by atoms with Crippen molar-refractivity contribution in [2.45, 2.75) is 32.2 Å². The molecule has 0 unspecified atom stereocenters. The highest BCUT2D eigenvalue weighted by Crippen LogP contribution is 2.31. The molecule has 0 bridgehead atoms. The summed E-state index contributed by atoms with van der Waals surface area (Å²) in [6.07, 6.45) is 2.60. The molecule has 1 aromatic rings. The van der Waals surface area contributed by atoms with E-state index in [0.29, 0.717) is 6.04 Å². The molecule has 104 valence electrons. The summed E-state index contributed by atoms with van der Waals surface area (Å²) in [4.78, 5) is 13.1. The van der Waals surface area contributed by atoms with Crippen LogP contribution in [0.15, 0.2) is 22.7 Å². The second-order valence-electron chi connectivity index (χ2n) is 5.46. The molecule has 1 aliphatic carbocycles. The molecule has 1 N–H and O–H groups in total. The zero-order valence-electron chi connectivity index (χ0n) is 11.4. The molecular weight excluding hydrogens is 306 g/mol. The fourth-order valence-corrected chi connectivity index (χ4v) is 2.95. The van der Waals surface area contributed by atoms with Gasteiger partial charge in [-0.05, 0) is 56.5 Å². The lowest BCUT2D eigenvalue weighted by molar-refractivity contribution is -0.146. The lowest BCUT2D eigenvalue weighted by Crippen LogP contribution is -2.45. The minimum Gasteiger partial charge on any atom is -0.481 e. The Balaban J connectivity index is 1.83. The van der Waals surface area contributed by atoms with Crippen LogP contribution in [0.25, 0.3) is 0 Å². The van der Waals surface area contributed by atoms with E-state index >= 15 is 0 Å². The second-order valence-corrected chi connectivity index (χ2v) is 6.38. The molecule has 0 atom stereocenters. The van der Waals surface area contributed by atoms with E-state index < -0.39 is 5.97 Å². The zero-order chi connectivity index (χ0) is 14.0. The van der Waals surface area contributed by atoms with Gasteiger partial charge in [-0.3, -0.25) is 4.79 Å². The highest BCUT2D eigenvalue weighted by molar-refractivity contribution is 9.10. The van der Waals surface area contributed by atoms with E-state index in [0.717, 1.165) is 30.3 Å². The standard InChI is InChI=1S/C15H20BrNO2/c1-10-3-4-13(16)7-11(10)5-6-17(2)14-8-12(9-14)15(18)19/h3-4,7,12,14H,5-6,8-9H2,1-2H3,(H,18,19). The van der Waals surface area contributed by atoms with Crippen molar-refractivity contribution in [2.75, 3.05) is 13.6 Å². The molecule has 3 nitrogen and oxygen atoms in total. The van der Waals surface area contributed by atoms with Gasteiger partial charge in [-0.2, -0.15) is 0 Å². The number of likely N-dealkylation sites (N-methyl/N-ethyl adjacent to an activating group) is 1. The van der Waals surface area contributed by atoms with Gasteiger partial charge in [0.25, 0.3) is 0 Å². The predicted molar refractivity (Wildman–Crippen MR) is 79.4 cm³/mol. The molecule has 0 amide bonds. The van der Waals surface area contributed by atoms with E-state index in [2.05, 4.69) is 53.0 Å². The molecule has 0 saturated heterocycles. The van der Waals surface area contributed by atoms with E-state index in [-0.39, 0.29) is 5.92 Å². The van der Waals surface area contributed by atoms with E-state index in [4.69, 9.17) is 5.11 Å². The third kappa shape index (κ3) is 3.57. The van der Waals surface area contributed by atoms with Crippen molar-refractivity contribution in [1.82, 2.24) is 4.90 Å². The highest BCUT2D eigenvalue weighted by Gasteiger charge is 2.36. The van der Waals surface area contributed by atoms with E-state index in [9.17, 15) is 4.79 Å². The summed E-state index contributed by atoms with van der Waals surface area (Å²) in [5.41, 5.74) is 2.67. The fourth-order valence-electron chi connectivity index (χ4n) is 2.54. The van der Waals surface area contributed by atoms with Gasteiger partial charge < -0.3 is 10.0 Å². The van der Waals surface area contributed by atoms with Crippen LogP contribution in [0.5, 0.6) is 0 Å². The first-order valence-electron chi connectivity index (χ1n) is 6.65. The van der Waals surface area contributed by atoms with Crippen molar-refractivity contribution >= 4 is 21.9 Å². The first-order valence-corrected chi connectivity index (χ1v) is 7.44. The van der Waals surface area contributed by atoms with Gasteiger partial charge in [-0.15, -0.1) is 0 Å². The summed E-state index contributed by atoms with van der Waals surface area (Å²) in [6, 6.07) is 6.80. The van der Waals surface area contributed by atoms with Crippen LogP contribution in [0, 0.1) is 12.8 Å². The Hall–Kier alpha value is -0.870. The number of hydrogen-bond donors (Lipinski definition) is 1. The number of carboxylic acid groups (broad SMARTS) is 1. The third-order valence-electron chi connectivity index (χ3n) is 4.13. The number of carboxylic acids is 1. The normalized spacial score (nSPS) is 22.3. The average molecular weight is 326 g/mol. The van der Waals surface area contributed by atoms with Crippen molar-refractivity contribution in [3.8, 4) is 0 Å². The van der Waals surface area contributed by atoms with Gasteiger partial charge >= 0.3 is 5.97 Å². The molecule has 0 heterocycles. The Morgan fingerprint density at radius 1 is 1.47 bits per heavy atom. The maximum Gasteiger partial charge on any atom is 0.306 e. The Morgan fingerprint density at radius 2 is 2.16 bits per heavy atom. The van der Waals surface area contributed by atoms with Crippen molar-refractivity contribution in [1.29, 1.82) is 0 Å². The van der Waals surface area contributed by atoms with Gasteiger partial charge in [0, 0.05) is 17.1 Å². The van der Waals surface area contributed by atoms with E-state index in [1.54, 1.807) is 0 Å². The molecule has 1 aromatic carbocycles. The summed E-state index contributed by atoms with van der Waals surface area (Å²) in [5, 5.41) is 8.88. The van der Waals surface area contributed by atoms with E-state index in [1.807, 2.05) is 0 Å². The minimum atomic E-state index is -0.646. The van der Waals surface area contributed by atoms with Gasteiger partial charge in [-0.25, -0.2) is 0 Å². The molecule has 0 aromatic heterocycles. The van der Waals surface area contributed by atoms with Crippen LogP contribution >= 0.6 is 15.9 Å².